The van der Waals surface area contributed by atoms with Gasteiger partial charge in [0.15, 0.2) is 0 Å². The van der Waals surface area contributed by atoms with Gasteiger partial charge in [-0.05, 0) is 25.5 Å². The quantitative estimate of drug-likeness (QED) is 0.852. The van der Waals surface area contributed by atoms with Crippen LogP contribution >= 0.6 is 0 Å². The summed E-state index contributed by atoms with van der Waals surface area (Å²) in [4.78, 5) is 29.6. The lowest BCUT2D eigenvalue weighted by atomic mass is 9.77. The zero-order valence-electron chi connectivity index (χ0n) is 12.2. The van der Waals surface area contributed by atoms with Crippen molar-refractivity contribution in [3.8, 4) is 0 Å². The first kappa shape index (κ1) is 14.9. The molecule has 0 aromatic carbocycles. The molecule has 3 rings (SSSR count). The number of nitrogens with zero attached hydrogens (tertiary/aromatic N) is 2. The fraction of sp³-hybridized carbons (Fsp3) is 0.533. The number of aryl methyl sites for hydroxylation is 1. The first-order valence-corrected chi connectivity index (χ1v) is 7.19. The minimum Gasteiger partial charge on any atom is -0.356 e. The van der Waals surface area contributed by atoms with E-state index >= 15 is 0 Å². The largest absolute Gasteiger partial charge is 0.356 e. The molecule has 118 valence electrons. The zero-order chi connectivity index (χ0) is 16.0. The van der Waals surface area contributed by atoms with Crippen molar-refractivity contribution < 1.29 is 18.4 Å². The highest BCUT2D eigenvalue weighted by Crippen LogP contribution is 2.43. The number of alkyl halides is 2. The predicted molar refractivity (Wildman–Crippen MR) is 74.5 cm³/mol. The number of halogens is 2. The molecule has 22 heavy (non-hydrogen) atoms. The van der Waals surface area contributed by atoms with Gasteiger partial charge in [0.05, 0.1) is 17.5 Å². The second-order valence-electron chi connectivity index (χ2n) is 6.17. The van der Waals surface area contributed by atoms with Crippen LogP contribution in [-0.4, -0.2) is 47.3 Å². The van der Waals surface area contributed by atoms with Crippen LogP contribution in [0.2, 0.25) is 0 Å². The molecule has 1 aromatic heterocycles. The van der Waals surface area contributed by atoms with Crippen LogP contribution in [0.4, 0.5) is 8.78 Å². The molecule has 1 unspecified atom stereocenters. The van der Waals surface area contributed by atoms with Gasteiger partial charge in [-0.2, -0.15) is 0 Å². The average Bonchev–Trinajstić information content (AvgIpc) is 2.77. The number of rotatable bonds is 1. The third-order valence-corrected chi connectivity index (χ3v) is 4.33. The summed E-state index contributed by atoms with van der Waals surface area (Å²) in [5.41, 5.74) is -0.167. The molecule has 2 aliphatic rings. The van der Waals surface area contributed by atoms with Crippen LogP contribution in [-0.2, 0) is 4.79 Å². The van der Waals surface area contributed by atoms with Gasteiger partial charge in [-0.15, -0.1) is 0 Å². The fourth-order valence-corrected chi connectivity index (χ4v) is 3.26. The molecule has 0 radical (unpaired) electrons. The van der Waals surface area contributed by atoms with E-state index in [0.29, 0.717) is 13.0 Å². The average molecular weight is 309 g/mol. The predicted octanol–water partition coefficient (Wildman–Crippen LogP) is 1.38. The van der Waals surface area contributed by atoms with Crippen LogP contribution in [0.25, 0.3) is 0 Å². The van der Waals surface area contributed by atoms with Crippen LogP contribution in [0.5, 0.6) is 0 Å². The van der Waals surface area contributed by atoms with E-state index in [1.165, 1.54) is 6.20 Å². The second kappa shape index (κ2) is 5.00. The van der Waals surface area contributed by atoms with Crippen molar-refractivity contribution in [2.24, 2.45) is 5.41 Å². The Labute approximate surface area is 126 Å². The van der Waals surface area contributed by atoms with Crippen molar-refractivity contribution in [2.45, 2.75) is 25.7 Å². The summed E-state index contributed by atoms with van der Waals surface area (Å²) in [5.74, 6) is -3.95. The SMILES string of the molecule is Cc1ccc(C(=O)N2CC(F)(F)CC3(CCNC3=O)C2)cn1. The van der Waals surface area contributed by atoms with Gasteiger partial charge in [0.1, 0.15) is 0 Å². The lowest BCUT2D eigenvalue weighted by molar-refractivity contribution is -0.144. The molecule has 2 aliphatic heterocycles. The number of hydrogen-bond donors (Lipinski definition) is 1. The van der Waals surface area contributed by atoms with Crippen molar-refractivity contribution in [3.63, 3.8) is 0 Å². The van der Waals surface area contributed by atoms with Crippen molar-refractivity contribution >= 4 is 11.8 Å². The molecule has 0 bridgehead atoms. The van der Waals surface area contributed by atoms with Crippen molar-refractivity contribution in [2.75, 3.05) is 19.6 Å². The number of aromatic nitrogens is 1. The Kier molecular flexibility index (Phi) is 3.38. The summed E-state index contributed by atoms with van der Waals surface area (Å²) >= 11 is 0. The highest BCUT2D eigenvalue weighted by molar-refractivity contribution is 5.95. The van der Waals surface area contributed by atoms with Crippen LogP contribution < -0.4 is 5.32 Å². The van der Waals surface area contributed by atoms with Gasteiger partial charge in [-0.25, -0.2) is 8.78 Å². The van der Waals surface area contributed by atoms with Gasteiger partial charge in [0.25, 0.3) is 11.8 Å². The number of hydrogen-bond acceptors (Lipinski definition) is 3. The van der Waals surface area contributed by atoms with Crippen molar-refractivity contribution in [1.29, 1.82) is 0 Å². The van der Waals surface area contributed by atoms with Gasteiger partial charge >= 0.3 is 0 Å². The zero-order valence-corrected chi connectivity index (χ0v) is 12.2. The van der Waals surface area contributed by atoms with Crippen LogP contribution in [0.15, 0.2) is 18.3 Å². The normalized spacial score (nSPS) is 27.0. The van der Waals surface area contributed by atoms with Crippen LogP contribution in [0.1, 0.15) is 28.9 Å². The van der Waals surface area contributed by atoms with E-state index in [0.717, 1.165) is 10.6 Å². The maximum absolute atomic E-state index is 14.1. The number of carbonyl (C=O) groups excluding carboxylic acids is 2. The van der Waals surface area contributed by atoms with Gasteiger partial charge in [-0.3, -0.25) is 14.6 Å². The standard InChI is InChI=1S/C15H17F2N3O2/c1-10-2-3-11(6-19-10)12(21)20-8-14(4-5-18-13(14)22)7-15(16,17)9-20/h2-3,6H,4-5,7-9H2,1H3,(H,18,22). The van der Waals surface area contributed by atoms with Gasteiger partial charge in [0.2, 0.25) is 5.91 Å². The Hall–Kier alpha value is -2.05. The third kappa shape index (κ3) is 2.55. The second-order valence-corrected chi connectivity index (χ2v) is 6.17. The lowest BCUT2D eigenvalue weighted by Crippen LogP contribution is -2.56. The fourth-order valence-electron chi connectivity index (χ4n) is 3.26. The minimum atomic E-state index is -3.06. The van der Waals surface area contributed by atoms with E-state index < -0.39 is 30.2 Å². The Morgan fingerprint density at radius 3 is 2.73 bits per heavy atom. The van der Waals surface area contributed by atoms with Crippen molar-refractivity contribution in [1.82, 2.24) is 15.2 Å². The van der Waals surface area contributed by atoms with Crippen molar-refractivity contribution in [3.05, 3.63) is 29.6 Å². The lowest BCUT2D eigenvalue weighted by Gasteiger charge is -2.42. The number of likely N-dealkylation sites (tertiary alicyclic amines) is 1. The summed E-state index contributed by atoms with van der Waals surface area (Å²) in [6.07, 6.45) is 1.21. The van der Waals surface area contributed by atoms with Gasteiger partial charge < -0.3 is 10.2 Å². The minimum absolute atomic E-state index is 0.0289. The monoisotopic (exact) mass is 309 g/mol. The molecule has 0 saturated carbocycles. The Balaban J connectivity index is 1.88. The number of piperidine rings is 1. The molecule has 0 aliphatic carbocycles. The summed E-state index contributed by atoms with van der Waals surface area (Å²) in [5, 5.41) is 2.60. The highest BCUT2D eigenvalue weighted by Gasteiger charge is 2.55. The van der Waals surface area contributed by atoms with Gasteiger partial charge in [0, 0.05) is 31.4 Å². The molecule has 5 nitrogen and oxygen atoms in total. The molecule has 2 fully saturated rings. The van der Waals surface area contributed by atoms with Gasteiger partial charge in [-0.1, -0.05) is 0 Å². The molecule has 1 aromatic rings. The van der Waals surface area contributed by atoms with E-state index in [4.69, 9.17) is 0 Å². The maximum Gasteiger partial charge on any atom is 0.266 e. The first-order valence-electron chi connectivity index (χ1n) is 7.19. The number of nitrogens with one attached hydrogen (secondary N) is 1. The summed E-state index contributed by atoms with van der Waals surface area (Å²) in [7, 11) is 0. The molecule has 1 N–H and O–H groups in total. The molecule has 1 spiro atoms. The Morgan fingerprint density at radius 1 is 1.36 bits per heavy atom. The highest BCUT2D eigenvalue weighted by atomic mass is 19.3. The molecule has 2 saturated heterocycles. The molecule has 7 heteroatoms. The molecule has 2 amide bonds. The number of carbonyl (C=O) groups is 2. The molecule has 1 atom stereocenters. The smallest absolute Gasteiger partial charge is 0.266 e. The summed E-state index contributed by atoms with van der Waals surface area (Å²) in [6, 6.07) is 3.23. The molecular formula is C15H17F2N3O2. The Bertz CT molecular complexity index is 618. The number of amides is 2. The molecular weight excluding hydrogens is 292 g/mol. The topological polar surface area (TPSA) is 62.3 Å². The van der Waals surface area contributed by atoms with E-state index in [1.807, 2.05) is 0 Å². The van der Waals surface area contributed by atoms with Crippen LogP contribution in [0, 0.1) is 12.3 Å². The number of pyridine rings is 1. The van der Waals surface area contributed by atoms with E-state index in [2.05, 4.69) is 10.3 Å². The van der Waals surface area contributed by atoms with E-state index in [-0.39, 0.29) is 18.0 Å². The van der Waals surface area contributed by atoms with E-state index in [9.17, 15) is 18.4 Å². The summed E-state index contributed by atoms with van der Waals surface area (Å²) in [6.45, 7) is 1.53. The van der Waals surface area contributed by atoms with E-state index in [1.54, 1.807) is 19.1 Å². The Morgan fingerprint density at radius 2 is 2.14 bits per heavy atom. The third-order valence-electron chi connectivity index (χ3n) is 4.33. The molecule has 3 heterocycles. The van der Waals surface area contributed by atoms with Crippen LogP contribution in [0.3, 0.4) is 0 Å². The first-order chi connectivity index (χ1) is 10.3. The summed E-state index contributed by atoms with van der Waals surface area (Å²) < 4.78 is 28.2. The maximum atomic E-state index is 14.1.